The normalized spacial score (nSPS) is 14.6. The number of nitro groups is 1. The fraction of sp³-hybridized carbons (Fsp3) is 0.167. The van der Waals surface area contributed by atoms with Crippen molar-refractivity contribution >= 4 is 40.3 Å². The van der Waals surface area contributed by atoms with Crippen molar-refractivity contribution in [2.75, 3.05) is 29.2 Å². The van der Waals surface area contributed by atoms with Crippen LogP contribution in [0.5, 0.6) is 5.75 Å². The molecule has 2 heterocycles. The fourth-order valence-electron chi connectivity index (χ4n) is 4.20. The number of anilines is 4. The number of hydrogen-bond donors (Lipinski definition) is 2. The third-order valence-corrected chi connectivity index (χ3v) is 5.88. The number of carbonyl (C=O) groups is 2. The molecule has 2 aliphatic heterocycles. The van der Waals surface area contributed by atoms with Gasteiger partial charge in [-0.25, -0.2) is 0 Å². The van der Waals surface area contributed by atoms with Crippen LogP contribution < -0.4 is 20.3 Å². The maximum atomic E-state index is 12.9. The summed E-state index contributed by atoms with van der Waals surface area (Å²) in [7, 11) is 1.38. The molecule has 0 bridgehead atoms. The summed E-state index contributed by atoms with van der Waals surface area (Å²) in [4.78, 5) is 37.4. The molecule has 1 fully saturated rings. The molecule has 3 aromatic carbocycles. The van der Waals surface area contributed by atoms with Crippen molar-refractivity contribution in [1.82, 2.24) is 0 Å². The highest BCUT2D eigenvalue weighted by molar-refractivity contribution is 6.13. The van der Waals surface area contributed by atoms with Crippen LogP contribution >= 0.6 is 0 Å². The van der Waals surface area contributed by atoms with Crippen LogP contribution in [0.25, 0.3) is 11.1 Å². The zero-order chi connectivity index (χ0) is 23.1. The Bertz CT molecular complexity index is 1320. The van der Waals surface area contributed by atoms with Gasteiger partial charge >= 0.3 is 5.69 Å². The second-order valence-electron chi connectivity index (χ2n) is 7.86. The standard InChI is InChI=1S/C24H20N4O5/c1-33-22-12-15(5-9-21(22)28(31)32)14-4-7-17-19(11-14)25-18-8-6-16(13-20(18)26-24(17)30)27-10-2-3-23(27)29/h4-9,11-13,25H,2-3,10H2,1H3,(H,26,30). The van der Waals surface area contributed by atoms with Crippen molar-refractivity contribution in [3.63, 3.8) is 0 Å². The van der Waals surface area contributed by atoms with E-state index < -0.39 is 4.92 Å². The first-order valence-corrected chi connectivity index (χ1v) is 10.4. The van der Waals surface area contributed by atoms with Crippen molar-refractivity contribution in [3.8, 4) is 16.9 Å². The molecule has 0 spiro atoms. The minimum atomic E-state index is -0.494. The molecule has 33 heavy (non-hydrogen) atoms. The highest BCUT2D eigenvalue weighted by Gasteiger charge is 2.25. The summed E-state index contributed by atoms with van der Waals surface area (Å²) >= 11 is 0. The average Bonchev–Trinajstić information content (AvgIpc) is 3.19. The largest absolute Gasteiger partial charge is 0.490 e. The number of nitrogens with one attached hydrogen (secondary N) is 2. The first kappa shape index (κ1) is 20.5. The lowest BCUT2D eigenvalue weighted by atomic mass is 10.0. The van der Waals surface area contributed by atoms with Gasteiger partial charge in [0, 0.05) is 24.7 Å². The van der Waals surface area contributed by atoms with Crippen LogP contribution in [0.4, 0.5) is 28.4 Å². The van der Waals surface area contributed by atoms with Crippen molar-refractivity contribution in [1.29, 1.82) is 0 Å². The van der Waals surface area contributed by atoms with Gasteiger partial charge in [0.15, 0.2) is 5.75 Å². The Morgan fingerprint density at radius 3 is 2.45 bits per heavy atom. The van der Waals surface area contributed by atoms with E-state index in [2.05, 4.69) is 10.6 Å². The Labute approximate surface area is 189 Å². The molecule has 2 amide bonds. The highest BCUT2D eigenvalue weighted by atomic mass is 16.6. The summed E-state index contributed by atoms with van der Waals surface area (Å²) in [5.74, 6) is -0.0317. The van der Waals surface area contributed by atoms with Crippen molar-refractivity contribution in [2.45, 2.75) is 12.8 Å². The second kappa shape index (κ2) is 7.94. The van der Waals surface area contributed by atoms with Crippen LogP contribution in [0.2, 0.25) is 0 Å². The Kier molecular flexibility index (Phi) is 4.93. The summed E-state index contributed by atoms with van der Waals surface area (Å²) in [6.07, 6.45) is 1.35. The molecular weight excluding hydrogens is 424 g/mol. The van der Waals surface area contributed by atoms with Gasteiger partial charge in [-0.05, 0) is 60.0 Å². The van der Waals surface area contributed by atoms with E-state index in [1.165, 1.54) is 13.2 Å². The van der Waals surface area contributed by atoms with E-state index >= 15 is 0 Å². The summed E-state index contributed by atoms with van der Waals surface area (Å²) in [6.45, 7) is 0.668. The Morgan fingerprint density at radius 2 is 1.73 bits per heavy atom. The maximum absolute atomic E-state index is 12.9. The molecule has 9 heteroatoms. The molecule has 2 aliphatic rings. The van der Waals surface area contributed by atoms with E-state index in [0.717, 1.165) is 23.2 Å². The highest BCUT2D eigenvalue weighted by Crippen LogP contribution is 2.38. The lowest BCUT2D eigenvalue weighted by molar-refractivity contribution is -0.385. The molecule has 166 valence electrons. The molecule has 5 rings (SSSR count). The lowest BCUT2D eigenvalue weighted by Gasteiger charge is -2.18. The van der Waals surface area contributed by atoms with Crippen molar-refractivity contribution in [3.05, 3.63) is 70.3 Å². The second-order valence-corrected chi connectivity index (χ2v) is 7.86. The van der Waals surface area contributed by atoms with Crippen LogP contribution in [-0.2, 0) is 4.79 Å². The molecule has 0 saturated carbocycles. The summed E-state index contributed by atoms with van der Waals surface area (Å²) in [6, 6.07) is 15.5. The van der Waals surface area contributed by atoms with Gasteiger partial charge in [0.1, 0.15) is 0 Å². The summed E-state index contributed by atoms with van der Waals surface area (Å²) in [5, 5.41) is 17.4. The van der Waals surface area contributed by atoms with E-state index in [-0.39, 0.29) is 23.3 Å². The van der Waals surface area contributed by atoms with Gasteiger partial charge in [-0.15, -0.1) is 0 Å². The number of ether oxygens (including phenoxy) is 1. The zero-order valence-corrected chi connectivity index (χ0v) is 17.8. The van der Waals surface area contributed by atoms with E-state index in [0.29, 0.717) is 35.6 Å². The average molecular weight is 444 g/mol. The number of fused-ring (bicyclic) bond motifs is 2. The SMILES string of the molecule is COc1cc(-c2ccc3c(c2)Nc2ccc(N4CCCC4=O)cc2NC3=O)ccc1[N+](=O)[O-]. The topological polar surface area (TPSA) is 114 Å². The Balaban J connectivity index is 1.51. The molecule has 2 N–H and O–H groups in total. The molecule has 0 aliphatic carbocycles. The van der Waals surface area contributed by atoms with Crippen LogP contribution in [0.1, 0.15) is 23.2 Å². The predicted octanol–water partition coefficient (Wildman–Crippen LogP) is 4.71. The smallest absolute Gasteiger partial charge is 0.310 e. The number of hydrogen-bond acceptors (Lipinski definition) is 6. The third-order valence-electron chi connectivity index (χ3n) is 5.88. The number of nitrogens with zero attached hydrogens (tertiary/aromatic N) is 2. The first-order valence-electron chi connectivity index (χ1n) is 10.4. The number of benzene rings is 3. The van der Waals surface area contributed by atoms with E-state index in [4.69, 9.17) is 4.74 Å². The number of nitro benzene ring substituents is 1. The third kappa shape index (κ3) is 3.63. The molecule has 0 unspecified atom stereocenters. The van der Waals surface area contributed by atoms with E-state index in [1.807, 2.05) is 18.2 Å². The zero-order valence-electron chi connectivity index (χ0n) is 17.8. The Hall–Kier alpha value is -4.40. The van der Waals surface area contributed by atoms with Gasteiger partial charge in [0.2, 0.25) is 5.91 Å². The van der Waals surface area contributed by atoms with Gasteiger partial charge < -0.3 is 20.3 Å². The van der Waals surface area contributed by atoms with Crippen LogP contribution in [0, 0.1) is 10.1 Å². The molecule has 9 nitrogen and oxygen atoms in total. The first-order chi connectivity index (χ1) is 15.9. The minimum Gasteiger partial charge on any atom is -0.490 e. The van der Waals surface area contributed by atoms with Gasteiger partial charge in [-0.3, -0.25) is 19.7 Å². The van der Waals surface area contributed by atoms with E-state index in [1.54, 1.807) is 35.2 Å². The molecular formula is C24H20N4O5. The Morgan fingerprint density at radius 1 is 0.939 bits per heavy atom. The molecule has 3 aromatic rings. The monoisotopic (exact) mass is 444 g/mol. The van der Waals surface area contributed by atoms with Gasteiger partial charge in [0.05, 0.1) is 34.7 Å². The van der Waals surface area contributed by atoms with Gasteiger partial charge in [0.25, 0.3) is 5.91 Å². The van der Waals surface area contributed by atoms with E-state index in [9.17, 15) is 19.7 Å². The quantitative estimate of drug-likeness (QED) is 0.445. The predicted molar refractivity (Wildman–Crippen MR) is 124 cm³/mol. The number of carbonyl (C=O) groups excluding carboxylic acids is 2. The van der Waals surface area contributed by atoms with Crippen LogP contribution in [0.15, 0.2) is 54.6 Å². The van der Waals surface area contributed by atoms with Crippen molar-refractivity contribution < 1.29 is 19.2 Å². The van der Waals surface area contributed by atoms with Crippen molar-refractivity contribution in [2.24, 2.45) is 0 Å². The summed E-state index contributed by atoms with van der Waals surface area (Å²) in [5.41, 5.74) is 4.48. The van der Waals surface area contributed by atoms with Gasteiger partial charge in [-0.1, -0.05) is 6.07 Å². The molecule has 0 radical (unpaired) electrons. The lowest BCUT2D eigenvalue weighted by Crippen LogP contribution is -2.23. The molecule has 1 saturated heterocycles. The number of rotatable bonds is 4. The molecule has 0 atom stereocenters. The summed E-state index contributed by atoms with van der Waals surface area (Å²) < 4.78 is 5.18. The number of methoxy groups -OCH3 is 1. The molecule has 0 aromatic heterocycles. The maximum Gasteiger partial charge on any atom is 0.310 e. The number of amides is 2. The minimum absolute atomic E-state index is 0.0781. The van der Waals surface area contributed by atoms with Gasteiger partial charge in [-0.2, -0.15) is 0 Å². The van der Waals surface area contributed by atoms with Crippen LogP contribution in [-0.4, -0.2) is 30.4 Å². The van der Waals surface area contributed by atoms with Crippen LogP contribution in [0.3, 0.4) is 0 Å². The fourth-order valence-corrected chi connectivity index (χ4v) is 4.20.